The number of benzene rings is 1. The monoisotopic (exact) mass is 456 g/mol. The molecule has 0 spiro atoms. The Labute approximate surface area is 168 Å². The van der Waals surface area contributed by atoms with Crippen LogP contribution in [0.4, 0.5) is 0 Å². The van der Waals surface area contributed by atoms with Crippen molar-refractivity contribution in [2.24, 2.45) is 0 Å². The summed E-state index contributed by atoms with van der Waals surface area (Å²) in [6, 6.07) is 11.0. The third kappa shape index (κ3) is 17.2. The molecule has 0 fully saturated rings. The molecule has 0 aliphatic carbocycles. The van der Waals surface area contributed by atoms with Gasteiger partial charge in [0.15, 0.2) is 0 Å². The predicted molar refractivity (Wildman–Crippen MR) is 116 cm³/mol. The predicted octanol–water partition coefficient (Wildman–Crippen LogP) is 7.15. The minimum Gasteiger partial charge on any atom is -0.870 e. The third-order valence-corrected chi connectivity index (χ3v) is 9.64. The molecule has 0 aliphatic heterocycles. The molecule has 0 amide bonds. The van der Waals surface area contributed by atoms with Gasteiger partial charge in [0.25, 0.3) is 0 Å². The van der Waals surface area contributed by atoms with Crippen molar-refractivity contribution in [2.45, 2.75) is 106 Å². The number of hydrogen-bond acceptors (Lipinski definition) is 1. The second-order valence-electron chi connectivity index (χ2n) is 7.34. The zero-order valence-electron chi connectivity index (χ0n) is 16.7. The normalized spacial score (nSPS) is 11.1. The van der Waals surface area contributed by atoms with E-state index in [0.29, 0.717) is 0 Å². The Morgan fingerprint density at radius 1 is 0.600 bits per heavy atom. The van der Waals surface area contributed by atoms with Gasteiger partial charge in [-0.2, -0.15) is 0 Å². The van der Waals surface area contributed by atoms with Crippen LogP contribution in [0.15, 0.2) is 30.3 Å². The molecule has 146 valence electrons. The van der Waals surface area contributed by atoms with E-state index in [1.807, 2.05) is 0 Å². The van der Waals surface area contributed by atoms with Crippen molar-refractivity contribution >= 4 is 21.6 Å². The van der Waals surface area contributed by atoms with E-state index in [1.165, 1.54) is 89.0 Å². The topological polar surface area (TPSA) is 30.0 Å². The van der Waals surface area contributed by atoms with Crippen molar-refractivity contribution in [1.82, 2.24) is 0 Å². The molecule has 0 saturated carbocycles. The first-order chi connectivity index (χ1) is 11.9. The maximum atomic E-state index is 2.30. The van der Waals surface area contributed by atoms with Gasteiger partial charge in [0.2, 0.25) is 0 Å². The maximum Gasteiger partial charge on any atom is -0.870 e. The van der Waals surface area contributed by atoms with Gasteiger partial charge >= 0.3 is 163 Å². The molecule has 1 rings (SSSR count). The van der Waals surface area contributed by atoms with Crippen LogP contribution >= 0.6 is 0 Å². The summed E-state index contributed by atoms with van der Waals surface area (Å²) in [4.78, 5) is 0. The van der Waals surface area contributed by atoms with Crippen LogP contribution in [0.5, 0.6) is 0 Å². The summed E-state index contributed by atoms with van der Waals surface area (Å²) in [7, 11) is 0. The van der Waals surface area contributed by atoms with Crippen molar-refractivity contribution in [3.63, 3.8) is 0 Å². The maximum absolute atomic E-state index is 2.30. The van der Waals surface area contributed by atoms with Crippen LogP contribution in [0.3, 0.4) is 0 Å². The summed E-state index contributed by atoms with van der Waals surface area (Å²) in [6.45, 7) is 2.30. The average molecular weight is 457 g/mol. The van der Waals surface area contributed by atoms with E-state index in [2.05, 4.69) is 37.3 Å². The molecule has 0 aliphatic rings. The Morgan fingerprint density at radius 3 is 1.64 bits per heavy atom. The van der Waals surface area contributed by atoms with Crippen LogP contribution in [0.2, 0.25) is 8.73 Å². The Balaban J connectivity index is 0.00000576. The Bertz CT molecular complexity index is 352. The number of unbranched alkanes of at least 4 members (excludes halogenated alkanes) is 11. The van der Waals surface area contributed by atoms with Gasteiger partial charge in [0, 0.05) is 0 Å². The van der Waals surface area contributed by atoms with Crippen LogP contribution < -0.4 is 0 Å². The molecule has 0 atom stereocenters. The second kappa shape index (κ2) is 20.3. The first kappa shape index (κ1) is 25.0. The van der Waals surface area contributed by atoms with Gasteiger partial charge in [-0.25, -0.2) is 0 Å². The van der Waals surface area contributed by atoms with Crippen LogP contribution in [-0.4, -0.2) is 27.1 Å². The summed E-state index contributed by atoms with van der Waals surface area (Å²) < 4.78 is 3.30. The molecule has 0 saturated heterocycles. The summed E-state index contributed by atoms with van der Waals surface area (Å²) in [6.07, 6.45) is 20.5. The zero-order valence-corrected chi connectivity index (χ0v) is 20.0. The van der Waals surface area contributed by atoms with E-state index in [0.717, 1.165) is 0 Å². The summed E-state index contributed by atoms with van der Waals surface area (Å²) in [5.41, 5.74) is 1.52. The summed E-state index contributed by atoms with van der Waals surface area (Å²) in [5.74, 6) is 0. The molecule has 0 bridgehead atoms. The van der Waals surface area contributed by atoms with E-state index in [1.54, 1.807) is 15.2 Å². The second-order valence-corrected chi connectivity index (χ2v) is 12.3. The summed E-state index contributed by atoms with van der Waals surface area (Å²) in [5, 5.41) is 0. The standard InChI is InChI=1S/C12H25.C11H15.H2O.Sb.2H/c1-3-5-7-9-11-12-10-8-6-4-2;1-2-3-5-8-11-9-6-4-7-10-11;;;;/h1,3-12H2,2H3;4,6-7,9-10H,1-3,5,8H2;1H2;;;/q;;;+1;;/p-1. The van der Waals surface area contributed by atoms with Gasteiger partial charge in [-0.05, 0) is 0 Å². The van der Waals surface area contributed by atoms with Crippen LogP contribution in [-0.2, 0) is 6.42 Å². The van der Waals surface area contributed by atoms with E-state index < -0.39 is 0 Å². The summed E-state index contributed by atoms with van der Waals surface area (Å²) >= 11 is -0.172. The smallest absolute Gasteiger partial charge is 0.870 e. The molecule has 25 heavy (non-hydrogen) atoms. The van der Waals surface area contributed by atoms with E-state index in [9.17, 15) is 0 Å². The first-order valence-corrected chi connectivity index (χ1v) is 15.4. The number of rotatable bonds is 17. The van der Waals surface area contributed by atoms with Crippen LogP contribution in [0.1, 0.15) is 96.0 Å². The molecule has 0 heterocycles. The molecule has 1 nitrogen and oxygen atoms in total. The van der Waals surface area contributed by atoms with E-state index in [4.69, 9.17) is 0 Å². The molecule has 0 radical (unpaired) electrons. The van der Waals surface area contributed by atoms with E-state index >= 15 is 0 Å². The van der Waals surface area contributed by atoms with Gasteiger partial charge in [0.05, 0.1) is 0 Å². The van der Waals surface area contributed by atoms with Crippen molar-refractivity contribution < 1.29 is 5.48 Å². The minimum atomic E-state index is -0.172. The molecular weight excluding hydrogens is 414 g/mol. The fourth-order valence-electron chi connectivity index (χ4n) is 3.36. The Kier molecular flexibility index (Phi) is 20.3. The van der Waals surface area contributed by atoms with Crippen molar-refractivity contribution in [3.05, 3.63) is 35.9 Å². The molecule has 2 heteroatoms. The fraction of sp³-hybridized carbons (Fsp3) is 0.739. The van der Waals surface area contributed by atoms with Crippen LogP contribution in [0.25, 0.3) is 0 Å². The van der Waals surface area contributed by atoms with E-state index in [-0.39, 0.29) is 27.1 Å². The molecule has 0 aromatic heterocycles. The quantitative estimate of drug-likeness (QED) is 0.181. The molecule has 0 unspecified atom stereocenters. The van der Waals surface area contributed by atoms with Gasteiger partial charge in [-0.15, -0.1) is 0 Å². The molecule has 1 aromatic carbocycles. The van der Waals surface area contributed by atoms with Crippen LogP contribution in [0, 0.1) is 0 Å². The largest absolute Gasteiger partial charge is 0.870 e. The Hall–Kier alpha value is -0.00182. The number of hydrogen-bond donors (Lipinski definition) is 0. The van der Waals surface area contributed by atoms with Crippen molar-refractivity contribution in [3.8, 4) is 0 Å². The third-order valence-electron chi connectivity index (χ3n) is 4.98. The zero-order chi connectivity index (χ0) is 17.1. The van der Waals surface area contributed by atoms with Gasteiger partial charge < -0.3 is 5.48 Å². The van der Waals surface area contributed by atoms with Gasteiger partial charge in [-0.3, -0.25) is 0 Å². The molecule has 1 aromatic rings. The minimum absolute atomic E-state index is 0. The molecular formula is C23H43OSb. The van der Waals surface area contributed by atoms with Gasteiger partial charge in [0.1, 0.15) is 0 Å². The fourth-order valence-corrected chi connectivity index (χ4v) is 7.48. The first-order valence-electron chi connectivity index (χ1n) is 10.8. The van der Waals surface area contributed by atoms with Crippen molar-refractivity contribution in [2.75, 3.05) is 0 Å². The average Bonchev–Trinajstić information content (AvgIpc) is 2.62. The Morgan fingerprint density at radius 2 is 1.08 bits per heavy atom. The van der Waals surface area contributed by atoms with Gasteiger partial charge in [-0.1, -0.05) is 0 Å². The molecule has 1 N–H and O–H groups in total. The SMILES string of the molecule is CCCCCCCCCCC[CH2][SbH2+][CH2]CCCCc1ccccc1.[OH-]. The number of aryl methyl sites for hydroxylation is 1. The van der Waals surface area contributed by atoms with Crippen molar-refractivity contribution in [1.29, 1.82) is 0 Å².